The number of nitrogens with zero attached hydrogens (tertiary/aromatic N) is 2. The Balaban J connectivity index is 1.44. The zero-order chi connectivity index (χ0) is 25.9. The van der Waals surface area contributed by atoms with Crippen molar-refractivity contribution in [3.05, 3.63) is 102 Å². The quantitative estimate of drug-likeness (QED) is 0.519. The Kier molecular flexibility index (Phi) is 5.18. The zero-order valence-electron chi connectivity index (χ0n) is 19.2. The van der Waals surface area contributed by atoms with E-state index in [1.165, 1.54) is 6.07 Å². The summed E-state index contributed by atoms with van der Waals surface area (Å²) in [6, 6.07) is 18.6. The van der Waals surface area contributed by atoms with Gasteiger partial charge in [-0.25, -0.2) is 4.90 Å². The van der Waals surface area contributed by atoms with Gasteiger partial charge < -0.3 is 10.2 Å². The lowest BCUT2D eigenvalue weighted by Crippen LogP contribution is -2.46. The maximum Gasteiger partial charge on any atom is 0.416 e. The van der Waals surface area contributed by atoms with Gasteiger partial charge in [0.25, 0.3) is 0 Å². The highest BCUT2D eigenvalue weighted by atomic mass is 19.4. The summed E-state index contributed by atoms with van der Waals surface area (Å²) < 4.78 is 40.2. The summed E-state index contributed by atoms with van der Waals surface area (Å²) in [6.07, 6.45) is -1.09. The minimum Gasteiger partial charge on any atom is -0.357 e. The van der Waals surface area contributed by atoms with Crippen LogP contribution in [0.25, 0.3) is 6.08 Å². The van der Waals surface area contributed by atoms with E-state index < -0.39 is 53.4 Å². The van der Waals surface area contributed by atoms with Gasteiger partial charge in [0.1, 0.15) is 6.04 Å². The van der Waals surface area contributed by atoms with E-state index in [4.69, 9.17) is 0 Å². The van der Waals surface area contributed by atoms with E-state index in [0.29, 0.717) is 5.69 Å². The normalized spacial score (nSPS) is 24.1. The van der Waals surface area contributed by atoms with Gasteiger partial charge in [-0.2, -0.15) is 13.2 Å². The highest BCUT2D eigenvalue weighted by Crippen LogP contribution is 2.53. The van der Waals surface area contributed by atoms with Crippen LogP contribution >= 0.6 is 0 Å². The van der Waals surface area contributed by atoms with E-state index in [1.807, 2.05) is 30.3 Å². The SMILES string of the molecule is O=C(Nc1ccccc1)C1C2C(=O)N(c3cccc(C(F)(F)F)c3)C(=O)C2C2c3ccccc3C=CN12. The number of para-hydroxylation sites is 1. The van der Waals surface area contributed by atoms with E-state index in [1.54, 1.807) is 41.4 Å². The Morgan fingerprint density at radius 1 is 0.838 bits per heavy atom. The topological polar surface area (TPSA) is 69.7 Å². The van der Waals surface area contributed by atoms with Crippen LogP contribution in [0.2, 0.25) is 0 Å². The minimum absolute atomic E-state index is 0.160. The second-order valence-corrected chi connectivity index (χ2v) is 9.25. The van der Waals surface area contributed by atoms with Crippen molar-refractivity contribution >= 4 is 35.2 Å². The predicted octanol–water partition coefficient (Wildman–Crippen LogP) is 4.86. The average molecular weight is 503 g/mol. The van der Waals surface area contributed by atoms with Gasteiger partial charge in [0.05, 0.1) is 29.1 Å². The Bertz CT molecular complexity index is 1450. The Morgan fingerprint density at radius 2 is 1.54 bits per heavy atom. The lowest BCUT2D eigenvalue weighted by molar-refractivity contribution is -0.137. The van der Waals surface area contributed by atoms with Crippen molar-refractivity contribution in [2.75, 3.05) is 10.2 Å². The number of imide groups is 1. The third-order valence-corrected chi connectivity index (χ3v) is 7.20. The molecule has 6 nitrogen and oxygen atoms in total. The van der Waals surface area contributed by atoms with Crippen molar-refractivity contribution < 1.29 is 27.6 Å². The van der Waals surface area contributed by atoms with E-state index in [2.05, 4.69) is 5.32 Å². The van der Waals surface area contributed by atoms with Crippen LogP contribution in [0.15, 0.2) is 85.1 Å². The van der Waals surface area contributed by atoms with Crippen LogP contribution in [0, 0.1) is 11.8 Å². The second-order valence-electron chi connectivity index (χ2n) is 9.25. The number of fused-ring (bicyclic) bond motifs is 5. The fourth-order valence-corrected chi connectivity index (χ4v) is 5.67. The second kappa shape index (κ2) is 8.33. The first-order valence-corrected chi connectivity index (χ1v) is 11.7. The summed E-state index contributed by atoms with van der Waals surface area (Å²) in [7, 11) is 0. The molecule has 3 amide bonds. The summed E-state index contributed by atoms with van der Waals surface area (Å²) >= 11 is 0. The lowest BCUT2D eigenvalue weighted by Gasteiger charge is -2.35. The number of rotatable bonds is 3. The van der Waals surface area contributed by atoms with Crippen LogP contribution in [0.4, 0.5) is 24.5 Å². The molecule has 3 aromatic carbocycles. The number of anilines is 2. The fraction of sp³-hybridized carbons (Fsp3) is 0.179. The standard InChI is InChI=1S/C28H20F3N3O3/c29-28(30,31)17-8-6-11-19(15-17)34-26(36)21-22(27(34)37)24(25(35)32-18-9-2-1-3-10-18)33-14-13-16-7-4-5-12-20(16)23(21)33/h1-15,21-24H,(H,32,35). The Labute approximate surface area is 210 Å². The third-order valence-electron chi connectivity index (χ3n) is 7.20. The number of carbonyl (C=O) groups is 3. The molecule has 4 atom stereocenters. The number of hydrogen-bond acceptors (Lipinski definition) is 4. The first kappa shape index (κ1) is 23.0. The number of amides is 3. The lowest BCUT2D eigenvalue weighted by atomic mass is 9.84. The minimum atomic E-state index is -4.64. The third kappa shape index (κ3) is 3.61. The highest BCUT2D eigenvalue weighted by Gasteiger charge is 2.64. The molecule has 0 aliphatic carbocycles. The molecule has 0 bridgehead atoms. The van der Waals surface area contributed by atoms with Crippen molar-refractivity contribution in [3.8, 4) is 0 Å². The van der Waals surface area contributed by atoms with Gasteiger partial charge in [-0.1, -0.05) is 48.5 Å². The maximum atomic E-state index is 13.8. The molecule has 0 radical (unpaired) electrons. The van der Waals surface area contributed by atoms with E-state index in [9.17, 15) is 27.6 Å². The van der Waals surface area contributed by atoms with Crippen LogP contribution in [-0.2, 0) is 20.6 Å². The van der Waals surface area contributed by atoms with Gasteiger partial charge in [0.15, 0.2) is 0 Å². The van der Waals surface area contributed by atoms with Crippen LogP contribution < -0.4 is 10.2 Å². The van der Waals surface area contributed by atoms with Crippen LogP contribution in [0.1, 0.15) is 22.7 Å². The first-order chi connectivity index (χ1) is 17.8. The molecule has 0 aromatic heterocycles. The molecule has 0 saturated carbocycles. The van der Waals surface area contributed by atoms with E-state index >= 15 is 0 Å². The number of hydrogen-bond donors (Lipinski definition) is 1. The number of carbonyl (C=O) groups excluding carboxylic acids is 3. The van der Waals surface area contributed by atoms with E-state index in [-0.39, 0.29) is 5.69 Å². The number of nitrogens with one attached hydrogen (secondary N) is 1. The number of benzene rings is 3. The molecule has 6 rings (SSSR count). The molecule has 186 valence electrons. The molecular formula is C28H20F3N3O3. The van der Waals surface area contributed by atoms with Gasteiger partial charge in [0.2, 0.25) is 17.7 Å². The largest absolute Gasteiger partial charge is 0.416 e. The summed E-state index contributed by atoms with van der Waals surface area (Å²) in [5.41, 5.74) is 1.04. The first-order valence-electron chi connectivity index (χ1n) is 11.7. The molecule has 37 heavy (non-hydrogen) atoms. The van der Waals surface area contributed by atoms with Gasteiger partial charge in [-0.3, -0.25) is 14.4 Å². The van der Waals surface area contributed by atoms with Crippen molar-refractivity contribution in [1.82, 2.24) is 4.90 Å². The van der Waals surface area contributed by atoms with Crippen LogP contribution in [0.5, 0.6) is 0 Å². The summed E-state index contributed by atoms with van der Waals surface area (Å²) in [6.45, 7) is 0. The molecule has 9 heteroatoms. The summed E-state index contributed by atoms with van der Waals surface area (Å²) in [5, 5.41) is 2.83. The molecule has 4 unspecified atom stereocenters. The molecular weight excluding hydrogens is 483 g/mol. The fourth-order valence-electron chi connectivity index (χ4n) is 5.67. The van der Waals surface area contributed by atoms with E-state index in [0.717, 1.165) is 34.2 Å². The maximum absolute atomic E-state index is 13.8. The monoisotopic (exact) mass is 503 g/mol. The van der Waals surface area contributed by atoms with Crippen molar-refractivity contribution in [2.45, 2.75) is 18.3 Å². The molecule has 1 N–H and O–H groups in total. The van der Waals surface area contributed by atoms with Crippen LogP contribution in [0.3, 0.4) is 0 Å². The molecule has 2 fully saturated rings. The Morgan fingerprint density at radius 3 is 2.30 bits per heavy atom. The molecule has 3 heterocycles. The Hall–Kier alpha value is -4.40. The van der Waals surface area contributed by atoms with Gasteiger partial charge in [-0.15, -0.1) is 0 Å². The molecule has 0 spiro atoms. The van der Waals surface area contributed by atoms with Crippen molar-refractivity contribution in [2.24, 2.45) is 11.8 Å². The molecule has 2 saturated heterocycles. The number of alkyl halides is 3. The smallest absolute Gasteiger partial charge is 0.357 e. The summed E-state index contributed by atoms with van der Waals surface area (Å²) in [4.78, 5) is 43.7. The number of halogens is 3. The highest BCUT2D eigenvalue weighted by molar-refractivity contribution is 6.24. The van der Waals surface area contributed by atoms with Gasteiger partial charge in [-0.05, 0) is 47.5 Å². The molecule has 3 aliphatic heterocycles. The average Bonchev–Trinajstić information content (AvgIpc) is 3.36. The van der Waals surface area contributed by atoms with Crippen molar-refractivity contribution in [1.29, 1.82) is 0 Å². The summed E-state index contributed by atoms with van der Waals surface area (Å²) in [5.74, 6) is -3.81. The predicted molar refractivity (Wildman–Crippen MR) is 130 cm³/mol. The van der Waals surface area contributed by atoms with Gasteiger partial charge >= 0.3 is 6.18 Å². The zero-order valence-corrected chi connectivity index (χ0v) is 19.2. The molecule has 3 aliphatic rings. The van der Waals surface area contributed by atoms with Gasteiger partial charge in [0, 0.05) is 11.9 Å². The molecule has 3 aromatic rings. The van der Waals surface area contributed by atoms with Crippen LogP contribution in [-0.4, -0.2) is 28.7 Å². The van der Waals surface area contributed by atoms with Crippen molar-refractivity contribution in [3.63, 3.8) is 0 Å².